The number of pyridine rings is 1. The first-order valence-electron chi connectivity index (χ1n) is 9.27. The Labute approximate surface area is 181 Å². The fourth-order valence-corrected chi connectivity index (χ4v) is 3.94. The van der Waals surface area contributed by atoms with Crippen molar-refractivity contribution in [2.24, 2.45) is 0 Å². The van der Waals surface area contributed by atoms with Crippen LogP contribution in [0.15, 0.2) is 65.6 Å². The summed E-state index contributed by atoms with van der Waals surface area (Å²) in [5, 5.41) is 6.09. The number of hydrogen-bond acceptors (Lipinski definition) is 4. The van der Waals surface area contributed by atoms with E-state index in [-0.39, 0.29) is 5.56 Å². The highest BCUT2D eigenvalue weighted by Gasteiger charge is 2.18. The maximum absolute atomic E-state index is 13.6. The molecule has 0 unspecified atom stereocenters. The van der Waals surface area contributed by atoms with Crippen molar-refractivity contribution in [3.8, 4) is 11.3 Å². The number of aromatic nitrogens is 5. The van der Waals surface area contributed by atoms with Gasteiger partial charge in [0.2, 0.25) is 0 Å². The van der Waals surface area contributed by atoms with Crippen LogP contribution in [0.25, 0.3) is 27.9 Å². The van der Waals surface area contributed by atoms with Crippen molar-refractivity contribution in [2.45, 2.75) is 13.5 Å². The summed E-state index contributed by atoms with van der Waals surface area (Å²) in [7, 11) is 0. The molecule has 0 atom stereocenters. The fourth-order valence-electron chi connectivity index (χ4n) is 3.56. The van der Waals surface area contributed by atoms with E-state index in [1.54, 1.807) is 34.3 Å². The lowest BCUT2D eigenvalue weighted by atomic mass is 10.1. The Morgan fingerprint density at radius 1 is 1.00 bits per heavy atom. The van der Waals surface area contributed by atoms with Crippen LogP contribution in [0.2, 0.25) is 10.0 Å². The highest BCUT2D eigenvalue weighted by molar-refractivity contribution is 6.31. The van der Waals surface area contributed by atoms with Crippen molar-refractivity contribution in [1.29, 1.82) is 0 Å². The van der Waals surface area contributed by atoms with E-state index >= 15 is 0 Å². The van der Waals surface area contributed by atoms with Crippen LogP contribution in [0.5, 0.6) is 0 Å². The highest BCUT2D eigenvalue weighted by Crippen LogP contribution is 2.28. The predicted molar refractivity (Wildman–Crippen MR) is 118 cm³/mol. The molecule has 30 heavy (non-hydrogen) atoms. The number of benzene rings is 2. The van der Waals surface area contributed by atoms with Crippen LogP contribution in [-0.2, 0) is 6.54 Å². The zero-order chi connectivity index (χ0) is 20.8. The topological polar surface area (TPSA) is 65.1 Å². The van der Waals surface area contributed by atoms with Crippen LogP contribution in [-0.4, -0.2) is 24.1 Å². The van der Waals surface area contributed by atoms with Crippen LogP contribution in [0.3, 0.4) is 0 Å². The summed E-state index contributed by atoms with van der Waals surface area (Å²) in [6, 6.07) is 16.6. The molecule has 5 aromatic rings. The summed E-state index contributed by atoms with van der Waals surface area (Å²) < 4.78 is 3.22. The van der Waals surface area contributed by atoms with Gasteiger partial charge in [-0.05, 0) is 36.8 Å². The van der Waals surface area contributed by atoms with Gasteiger partial charge in [0.1, 0.15) is 5.82 Å². The maximum Gasteiger partial charge on any atom is 0.262 e. The maximum atomic E-state index is 13.6. The van der Waals surface area contributed by atoms with Gasteiger partial charge in [-0.1, -0.05) is 53.5 Å². The molecule has 0 aliphatic heterocycles. The predicted octanol–water partition coefficient (Wildman–Crippen LogP) is 4.77. The Morgan fingerprint density at radius 2 is 1.83 bits per heavy atom. The monoisotopic (exact) mass is 435 g/mol. The molecule has 3 aromatic heterocycles. The molecule has 5 rings (SSSR count). The van der Waals surface area contributed by atoms with Gasteiger partial charge in [-0.2, -0.15) is 9.50 Å². The van der Waals surface area contributed by atoms with Crippen LogP contribution in [0.4, 0.5) is 0 Å². The molecule has 0 spiro atoms. The van der Waals surface area contributed by atoms with Gasteiger partial charge in [-0.3, -0.25) is 4.79 Å². The molecule has 2 aromatic carbocycles. The minimum Gasteiger partial charge on any atom is -0.310 e. The molecule has 6 nitrogen and oxygen atoms in total. The van der Waals surface area contributed by atoms with Gasteiger partial charge in [0.25, 0.3) is 11.3 Å². The molecule has 0 aliphatic carbocycles. The molecule has 0 N–H and O–H groups in total. The van der Waals surface area contributed by atoms with E-state index in [2.05, 4.69) is 15.1 Å². The summed E-state index contributed by atoms with van der Waals surface area (Å²) in [5.74, 6) is 0.996. The smallest absolute Gasteiger partial charge is 0.262 e. The first-order valence-corrected chi connectivity index (χ1v) is 10.0. The van der Waals surface area contributed by atoms with Crippen LogP contribution in [0, 0.1) is 6.92 Å². The van der Waals surface area contributed by atoms with E-state index in [0.29, 0.717) is 44.8 Å². The van der Waals surface area contributed by atoms with Gasteiger partial charge in [-0.25, -0.2) is 4.98 Å². The molecule has 148 valence electrons. The SMILES string of the molecule is Cc1nc2nc3ccn(Cc4ccccc4Cl)c(=O)c3c(-c3cccc(Cl)c3)n2n1. The van der Waals surface area contributed by atoms with Gasteiger partial charge in [0.05, 0.1) is 23.1 Å². The molecular weight excluding hydrogens is 421 g/mol. The lowest BCUT2D eigenvalue weighted by Crippen LogP contribution is -2.22. The van der Waals surface area contributed by atoms with Crippen LogP contribution < -0.4 is 5.56 Å². The van der Waals surface area contributed by atoms with Crippen molar-refractivity contribution < 1.29 is 0 Å². The number of hydrogen-bond donors (Lipinski definition) is 0. The highest BCUT2D eigenvalue weighted by atomic mass is 35.5. The van der Waals surface area contributed by atoms with Gasteiger partial charge in [0, 0.05) is 21.8 Å². The van der Waals surface area contributed by atoms with Gasteiger partial charge in [0.15, 0.2) is 0 Å². The van der Waals surface area contributed by atoms with Crippen molar-refractivity contribution >= 4 is 39.9 Å². The first kappa shape index (κ1) is 18.8. The zero-order valence-electron chi connectivity index (χ0n) is 15.9. The van der Waals surface area contributed by atoms with E-state index in [1.807, 2.05) is 42.5 Å². The molecule has 0 saturated carbocycles. The minimum absolute atomic E-state index is 0.190. The lowest BCUT2D eigenvalue weighted by Gasteiger charge is -2.12. The lowest BCUT2D eigenvalue weighted by molar-refractivity contribution is 0.766. The quantitative estimate of drug-likeness (QED) is 0.409. The Hall–Kier alpha value is -3.22. The summed E-state index contributed by atoms with van der Waals surface area (Å²) in [5.41, 5.74) is 2.58. The van der Waals surface area contributed by atoms with Crippen LogP contribution >= 0.6 is 23.2 Å². The second-order valence-electron chi connectivity index (χ2n) is 6.94. The molecule has 0 radical (unpaired) electrons. The van der Waals surface area contributed by atoms with Crippen molar-refractivity contribution in [2.75, 3.05) is 0 Å². The Kier molecular flexibility index (Phi) is 4.53. The van der Waals surface area contributed by atoms with Gasteiger partial charge < -0.3 is 4.57 Å². The molecule has 0 saturated heterocycles. The molecule has 3 heterocycles. The van der Waals surface area contributed by atoms with Crippen molar-refractivity contribution in [3.05, 3.63) is 92.6 Å². The molecule has 0 fully saturated rings. The Morgan fingerprint density at radius 3 is 2.63 bits per heavy atom. The van der Waals surface area contributed by atoms with E-state index < -0.39 is 0 Å². The molecule has 8 heteroatoms. The number of rotatable bonds is 3. The van der Waals surface area contributed by atoms with E-state index in [1.165, 1.54) is 0 Å². The number of aryl methyl sites for hydroxylation is 1. The Balaban J connectivity index is 1.84. The summed E-state index contributed by atoms with van der Waals surface area (Å²) in [6.45, 7) is 2.13. The van der Waals surface area contributed by atoms with E-state index in [4.69, 9.17) is 23.2 Å². The third kappa shape index (κ3) is 3.14. The summed E-state index contributed by atoms with van der Waals surface area (Å²) in [4.78, 5) is 22.5. The first-order chi connectivity index (χ1) is 14.5. The van der Waals surface area contributed by atoms with E-state index in [9.17, 15) is 4.79 Å². The van der Waals surface area contributed by atoms with Crippen molar-refractivity contribution in [1.82, 2.24) is 24.1 Å². The standard InChI is InChI=1S/C22H15Cl2N5O/c1-13-25-22-26-18-9-10-28(12-15-5-2-3-8-17(15)24)21(30)19(18)20(29(22)27-13)14-6-4-7-16(23)11-14/h2-11H,12H2,1H3. The average Bonchev–Trinajstić information content (AvgIpc) is 3.09. The number of halogens is 2. The Bertz CT molecular complexity index is 1490. The minimum atomic E-state index is -0.190. The third-order valence-corrected chi connectivity index (χ3v) is 5.51. The molecule has 0 amide bonds. The van der Waals surface area contributed by atoms with Gasteiger partial charge in [-0.15, -0.1) is 5.10 Å². The third-order valence-electron chi connectivity index (χ3n) is 4.90. The van der Waals surface area contributed by atoms with E-state index in [0.717, 1.165) is 11.1 Å². The summed E-state index contributed by atoms with van der Waals surface area (Å²) in [6.07, 6.45) is 1.72. The fraction of sp³-hybridized carbons (Fsp3) is 0.0909. The number of fused-ring (bicyclic) bond motifs is 2. The van der Waals surface area contributed by atoms with Gasteiger partial charge >= 0.3 is 0 Å². The second kappa shape index (κ2) is 7.23. The largest absolute Gasteiger partial charge is 0.310 e. The molecular formula is C22H15Cl2N5O. The summed E-state index contributed by atoms with van der Waals surface area (Å²) >= 11 is 12.5. The second-order valence-corrected chi connectivity index (χ2v) is 7.79. The van der Waals surface area contributed by atoms with Crippen molar-refractivity contribution in [3.63, 3.8) is 0 Å². The number of nitrogens with zero attached hydrogens (tertiary/aromatic N) is 5. The molecule has 0 bridgehead atoms. The average molecular weight is 436 g/mol. The zero-order valence-corrected chi connectivity index (χ0v) is 17.4. The van der Waals surface area contributed by atoms with Crippen LogP contribution in [0.1, 0.15) is 11.4 Å². The molecule has 0 aliphatic rings. The normalized spacial score (nSPS) is 11.4.